The van der Waals surface area contributed by atoms with Gasteiger partial charge in [0.05, 0.1) is 7.11 Å². The number of methoxy groups -OCH3 is 1. The van der Waals surface area contributed by atoms with Gasteiger partial charge < -0.3 is 15.4 Å². The van der Waals surface area contributed by atoms with E-state index in [0.717, 1.165) is 11.3 Å². The van der Waals surface area contributed by atoms with Crippen molar-refractivity contribution in [3.05, 3.63) is 59.7 Å². The van der Waals surface area contributed by atoms with Crippen molar-refractivity contribution in [2.75, 3.05) is 19.0 Å². The maximum atomic E-state index is 11.9. The van der Waals surface area contributed by atoms with E-state index in [4.69, 9.17) is 4.74 Å². The van der Waals surface area contributed by atoms with E-state index in [1.807, 2.05) is 24.3 Å². The van der Waals surface area contributed by atoms with Gasteiger partial charge >= 0.3 is 0 Å². The first-order valence-corrected chi connectivity index (χ1v) is 8.29. The van der Waals surface area contributed by atoms with Crippen molar-refractivity contribution in [3.8, 4) is 5.75 Å². The van der Waals surface area contributed by atoms with E-state index in [9.17, 15) is 14.4 Å². The Kier molecular flexibility index (Phi) is 6.91. The highest BCUT2D eigenvalue weighted by atomic mass is 16.5. The second-order valence-corrected chi connectivity index (χ2v) is 5.77. The highest BCUT2D eigenvalue weighted by Crippen LogP contribution is 2.17. The molecule has 2 amide bonds. The van der Waals surface area contributed by atoms with E-state index in [0.29, 0.717) is 24.2 Å². The molecule has 2 rings (SSSR count). The van der Waals surface area contributed by atoms with Crippen molar-refractivity contribution < 1.29 is 19.1 Å². The molecule has 0 saturated heterocycles. The summed E-state index contributed by atoms with van der Waals surface area (Å²) in [6.45, 7) is 1.89. The molecule has 2 aromatic rings. The maximum Gasteiger partial charge on any atom is 0.233 e. The van der Waals surface area contributed by atoms with Gasteiger partial charge in [0.15, 0.2) is 5.78 Å². The van der Waals surface area contributed by atoms with Crippen LogP contribution in [0.5, 0.6) is 5.75 Å². The van der Waals surface area contributed by atoms with Crippen LogP contribution in [0.3, 0.4) is 0 Å². The van der Waals surface area contributed by atoms with Gasteiger partial charge in [-0.2, -0.15) is 0 Å². The Labute approximate surface area is 152 Å². The van der Waals surface area contributed by atoms with Crippen LogP contribution < -0.4 is 15.4 Å². The molecule has 0 bridgehead atoms. The first kappa shape index (κ1) is 19.2. The van der Waals surface area contributed by atoms with Gasteiger partial charge in [0.2, 0.25) is 11.8 Å². The molecule has 136 valence electrons. The number of carbonyl (C=O) groups is 3. The first-order chi connectivity index (χ1) is 12.5. The molecule has 2 N–H and O–H groups in total. The van der Waals surface area contributed by atoms with Crippen LogP contribution >= 0.6 is 0 Å². The lowest BCUT2D eigenvalue weighted by Gasteiger charge is -2.09. The highest BCUT2D eigenvalue weighted by Gasteiger charge is 2.10. The van der Waals surface area contributed by atoms with Gasteiger partial charge in [-0.15, -0.1) is 0 Å². The first-order valence-electron chi connectivity index (χ1n) is 8.29. The van der Waals surface area contributed by atoms with Crippen LogP contribution in [0.1, 0.15) is 29.3 Å². The maximum absolute atomic E-state index is 11.9. The van der Waals surface area contributed by atoms with Crippen LogP contribution in [0.2, 0.25) is 0 Å². The van der Waals surface area contributed by atoms with Crippen LogP contribution in [-0.4, -0.2) is 31.3 Å². The van der Waals surface area contributed by atoms with Crippen LogP contribution in [0.25, 0.3) is 0 Å². The molecule has 0 aromatic heterocycles. The van der Waals surface area contributed by atoms with Gasteiger partial charge in [-0.1, -0.05) is 18.2 Å². The molecule has 0 aliphatic rings. The lowest BCUT2D eigenvalue weighted by molar-refractivity contribution is -0.126. The van der Waals surface area contributed by atoms with Gasteiger partial charge in [0, 0.05) is 17.8 Å². The third-order valence-corrected chi connectivity index (χ3v) is 3.81. The molecule has 6 heteroatoms. The van der Waals surface area contributed by atoms with Gasteiger partial charge in [-0.25, -0.2) is 0 Å². The van der Waals surface area contributed by atoms with Crippen molar-refractivity contribution in [3.63, 3.8) is 0 Å². The molecular formula is C20H22N2O4. The van der Waals surface area contributed by atoms with Gasteiger partial charge in [0.25, 0.3) is 0 Å². The molecule has 0 aliphatic carbocycles. The quantitative estimate of drug-likeness (QED) is 0.564. The third-order valence-electron chi connectivity index (χ3n) is 3.81. The van der Waals surface area contributed by atoms with E-state index >= 15 is 0 Å². The minimum absolute atomic E-state index is 0.0442. The van der Waals surface area contributed by atoms with Crippen molar-refractivity contribution in [1.82, 2.24) is 5.32 Å². The summed E-state index contributed by atoms with van der Waals surface area (Å²) < 4.78 is 5.26. The molecule has 26 heavy (non-hydrogen) atoms. The predicted molar refractivity (Wildman–Crippen MR) is 99.4 cm³/mol. The third kappa shape index (κ3) is 5.73. The number of Topliss-reactive ketones (excluding diaryl/α,β-unsaturated/α-hetero) is 1. The number of carbonyl (C=O) groups excluding carboxylic acids is 3. The second-order valence-electron chi connectivity index (χ2n) is 5.77. The fourth-order valence-corrected chi connectivity index (χ4v) is 2.45. The molecule has 0 fully saturated rings. The average molecular weight is 354 g/mol. The molecular weight excluding hydrogens is 332 g/mol. The van der Waals surface area contributed by atoms with E-state index in [1.165, 1.54) is 6.92 Å². The summed E-state index contributed by atoms with van der Waals surface area (Å²) in [7, 11) is 1.60. The molecule has 0 saturated carbocycles. The SMILES string of the molecule is COc1ccccc1CCNC(=O)CC(=O)Nc1ccc(C(C)=O)cc1. The molecule has 0 spiro atoms. The fourth-order valence-electron chi connectivity index (χ4n) is 2.45. The standard InChI is InChI=1S/C20H22N2O4/c1-14(23)15-7-9-17(10-8-15)22-20(25)13-19(24)21-12-11-16-5-3-4-6-18(16)26-2/h3-10H,11-13H2,1-2H3,(H,21,24)(H,22,25). The Morgan fingerprint density at radius 1 is 0.962 bits per heavy atom. The second kappa shape index (κ2) is 9.36. The summed E-state index contributed by atoms with van der Waals surface area (Å²) >= 11 is 0. The number of para-hydroxylation sites is 1. The van der Waals surface area contributed by atoms with Crippen LogP contribution in [0.4, 0.5) is 5.69 Å². The zero-order chi connectivity index (χ0) is 18.9. The van der Waals surface area contributed by atoms with E-state index < -0.39 is 5.91 Å². The number of anilines is 1. The predicted octanol–water partition coefficient (Wildman–Crippen LogP) is 2.59. The lowest BCUT2D eigenvalue weighted by atomic mass is 10.1. The smallest absolute Gasteiger partial charge is 0.233 e. The number of hydrogen-bond donors (Lipinski definition) is 2. The Balaban J connectivity index is 1.76. The summed E-state index contributed by atoms with van der Waals surface area (Å²) in [6, 6.07) is 14.1. The van der Waals surface area contributed by atoms with Crippen LogP contribution in [0.15, 0.2) is 48.5 Å². The summed E-state index contributed by atoms with van der Waals surface area (Å²) in [5, 5.41) is 5.36. The normalized spacial score (nSPS) is 10.1. The largest absolute Gasteiger partial charge is 0.496 e. The molecule has 0 unspecified atom stereocenters. The highest BCUT2D eigenvalue weighted by molar-refractivity contribution is 6.03. The number of nitrogens with one attached hydrogen (secondary N) is 2. The van der Waals surface area contributed by atoms with Crippen molar-refractivity contribution >= 4 is 23.3 Å². The van der Waals surface area contributed by atoms with Crippen molar-refractivity contribution in [2.24, 2.45) is 0 Å². The zero-order valence-corrected chi connectivity index (χ0v) is 14.9. The van der Waals surface area contributed by atoms with E-state index in [1.54, 1.807) is 31.4 Å². The van der Waals surface area contributed by atoms with Crippen molar-refractivity contribution in [2.45, 2.75) is 19.8 Å². The fraction of sp³-hybridized carbons (Fsp3) is 0.250. The monoisotopic (exact) mass is 354 g/mol. The van der Waals surface area contributed by atoms with E-state index in [2.05, 4.69) is 10.6 Å². The lowest BCUT2D eigenvalue weighted by Crippen LogP contribution is -2.29. The van der Waals surface area contributed by atoms with Gasteiger partial charge in [-0.05, 0) is 49.2 Å². The Bertz CT molecular complexity index is 785. The molecule has 0 aliphatic heterocycles. The minimum atomic E-state index is -0.407. The number of hydrogen-bond acceptors (Lipinski definition) is 4. The summed E-state index contributed by atoms with van der Waals surface area (Å²) in [4.78, 5) is 35.0. The minimum Gasteiger partial charge on any atom is -0.496 e. The molecule has 0 heterocycles. The Hall–Kier alpha value is -3.15. The molecule has 0 radical (unpaired) electrons. The molecule has 6 nitrogen and oxygen atoms in total. The van der Waals surface area contributed by atoms with Crippen LogP contribution in [0, 0.1) is 0 Å². The summed E-state index contributed by atoms with van der Waals surface area (Å²) in [6.07, 6.45) is 0.351. The zero-order valence-electron chi connectivity index (χ0n) is 14.9. The Morgan fingerprint density at radius 3 is 2.31 bits per heavy atom. The number of ketones is 1. The molecule has 0 atom stereocenters. The van der Waals surface area contributed by atoms with E-state index in [-0.39, 0.29) is 18.1 Å². The van der Waals surface area contributed by atoms with Gasteiger partial charge in [-0.3, -0.25) is 14.4 Å². The number of rotatable bonds is 8. The Morgan fingerprint density at radius 2 is 1.65 bits per heavy atom. The number of amides is 2. The summed E-state index contributed by atoms with van der Waals surface area (Å²) in [5.41, 5.74) is 2.10. The average Bonchev–Trinajstić information content (AvgIpc) is 2.62. The molecule has 2 aromatic carbocycles. The van der Waals surface area contributed by atoms with Crippen LogP contribution in [-0.2, 0) is 16.0 Å². The van der Waals surface area contributed by atoms with Gasteiger partial charge in [0.1, 0.15) is 12.2 Å². The number of ether oxygens (including phenoxy) is 1. The van der Waals surface area contributed by atoms with Crippen molar-refractivity contribution in [1.29, 1.82) is 0 Å². The topological polar surface area (TPSA) is 84.5 Å². The summed E-state index contributed by atoms with van der Waals surface area (Å²) in [5.74, 6) is -0.0288. The number of benzene rings is 2.